The van der Waals surface area contributed by atoms with Crippen LogP contribution in [0.4, 0.5) is 0 Å². The fraction of sp³-hybridized carbons (Fsp3) is 0.364. The van der Waals surface area contributed by atoms with Crippen molar-refractivity contribution in [1.29, 1.82) is 0 Å². The molecule has 6 nitrogen and oxygen atoms in total. The maximum absolute atomic E-state index is 12.8. The zero-order valence-electron chi connectivity index (χ0n) is 16.3. The van der Waals surface area contributed by atoms with Crippen LogP contribution >= 0.6 is 0 Å². The topological polar surface area (TPSA) is 67.9 Å². The largest absolute Gasteiger partial charge is 0.497 e. The molecule has 148 valence electrons. The minimum absolute atomic E-state index is 0.0905. The van der Waals surface area contributed by atoms with Crippen LogP contribution in [0.3, 0.4) is 0 Å². The summed E-state index contributed by atoms with van der Waals surface area (Å²) < 4.78 is 10.9. The van der Waals surface area contributed by atoms with Crippen LogP contribution in [0.1, 0.15) is 24.2 Å². The summed E-state index contributed by atoms with van der Waals surface area (Å²) in [5, 5.41) is 2.81. The number of amides is 2. The van der Waals surface area contributed by atoms with E-state index >= 15 is 0 Å². The SMILES string of the molecule is COc1ccc(CC(=O)N[C@H](C)C(=O)N2CCOC(c3ccccc3)C2)cc1. The summed E-state index contributed by atoms with van der Waals surface area (Å²) in [7, 11) is 1.60. The van der Waals surface area contributed by atoms with Crippen LogP contribution in [0.15, 0.2) is 54.6 Å². The fourth-order valence-corrected chi connectivity index (χ4v) is 3.28. The van der Waals surface area contributed by atoms with E-state index in [-0.39, 0.29) is 24.3 Å². The van der Waals surface area contributed by atoms with Gasteiger partial charge in [0.1, 0.15) is 17.9 Å². The van der Waals surface area contributed by atoms with E-state index in [4.69, 9.17) is 9.47 Å². The van der Waals surface area contributed by atoms with Gasteiger partial charge < -0.3 is 19.7 Å². The predicted octanol–water partition coefficient (Wildman–Crippen LogP) is 2.34. The second-order valence-electron chi connectivity index (χ2n) is 6.87. The van der Waals surface area contributed by atoms with Gasteiger partial charge in [-0.05, 0) is 30.2 Å². The molecule has 2 atom stereocenters. The van der Waals surface area contributed by atoms with E-state index in [2.05, 4.69) is 5.32 Å². The van der Waals surface area contributed by atoms with Crippen LogP contribution in [0.2, 0.25) is 0 Å². The highest BCUT2D eigenvalue weighted by Crippen LogP contribution is 2.22. The van der Waals surface area contributed by atoms with E-state index in [1.165, 1.54) is 0 Å². The molecule has 1 aliphatic heterocycles. The van der Waals surface area contributed by atoms with Crippen LogP contribution in [-0.4, -0.2) is 49.6 Å². The normalized spacial score (nSPS) is 17.6. The molecule has 0 spiro atoms. The van der Waals surface area contributed by atoms with Crippen molar-refractivity contribution in [2.24, 2.45) is 0 Å². The zero-order chi connectivity index (χ0) is 19.9. The lowest BCUT2D eigenvalue weighted by Crippen LogP contribution is -2.51. The Morgan fingerprint density at radius 3 is 2.57 bits per heavy atom. The minimum atomic E-state index is -0.583. The highest BCUT2D eigenvalue weighted by molar-refractivity contribution is 5.88. The van der Waals surface area contributed by atoms with Crippen LogP contribution in [0, 0.1) is 0 Å². The molecule has 2 aromatic carbocycles. The fourth-order valence-electron chi connectivity index (χ4n) is 3.28. The Morgan fingerprint density at radius 1 is 1.18 bits per heavy atom. The Labute approximate surface area is 165 Å². The van der Waals surface area contributed by atoms with Gasteiger partial charge in [-0.1, -0.05) is 42.5 Å². The lowest BCUT2D eigenvalue weighted by atomic mass is 10.1. The third-order valence-corrected chi connectivity index (χ3v) is 4.82. The molecule has 28 heavy (non-hydrogen) atoms. The Kier molecular flexibility index (Phi) is 6.66. The number of rotatable bonds is 6. The maximum atomic E-state index is 12.8. The monoisotopic (exact) mass is 382 g/mol. The molecule has 0 saturated carbocycles. The van der Waals surface area contributed by atoms with E-state index in [0.29, 0.717) is 19.7 Å². The van der Waals surface area contributed by atoms with Gasteiger partial charge in [-0.3, -0.25) is 9.59 Å². The first-order valence-corrected chi connectivity index (χ1v) is 9.44. The molecule has 2 amide bonds. The number of nitrogens with one attached hydrogen (secondary N) is 1. The Hall–Kier alpha value is -2.86. The molecule has 1 aliphatic rings. The molecule has 1 fully saturated rings. The molecule has 0 bridgehead atoms. The van der Waals surface area contributed by atoms with Crippen LogP contribution in [0.25, 0.3) is 0 Å². The number of methoxy groups -OCH3 is 1. The summed E-state index contributed by atoms with van der Waals surface area (Å²) in [6, 6.07) is 16.6. The van der Waals surface area contributed by atoms with Crippen molar-refractivity contribution >= 4 is 11.8 Å². The van der Waals surface area contributed by atoms with Gasteiger partial charge in [-0.15, -0.1) is 0 Å². The first-order valence-electron chi connectivity index (χ1n) is 9.44. The zero-order valence-corrected chi connectivity index (χ0v) is 16.3. The standard InChI is InChI=1S/C22H26N2O4/c1-16(23-21(25)14-17-8-10-19(27-2)11-9-17)22(26)24-12-13-28-20(15-24)18-6-4-3-5-7-18/h3-11,16,20H,12-15H2,1-2H3,(H,23,25)/t16-,20?/m1/s1. The van der Waals surface area contributed by atoms with Crippen LogP contribution in [0.5, 0.6) is 5.75 Å². The number of carbonyl (C=O) groups excluding carboxylic acids is 2. The van der Waals surface area contributed by atoms with E-state index < -0.39 is 6.04 Å². The molecule has 6 heteroatoms. The van der Waals surface area contributed by atoms with E-state index in [1.54, 1.807) is 18.9 Å². The van der Waals surface area contributed by atoms with Gasteiger partial charge in [0.15, 0.2) is 0 Å². The van der Waals surface area contributed by atoms with E-state index in [9.17, 15) is 9.59 Å². The second kappa shape index (κ2) is 9.37. The molecule has 0 radical (unpaired) electrons. The Balaban J connectivity index is 1.53. The molecule has 2 aromatic rings. The van der Waals surface area contributed by atoms with Gasteiger partial charge in [-0.25, -0.2) is 0 Å². The number of benzene rings is 2. The van der Waals surface area contributed by atoms with Crippen molar-refractivity contribution in [2.75, 3.05) is 26.8 Å². The highest BCUT2D eigenvalue weighted by atomic mass is 16.5. The Bertz CT molecular complexity index is 792. The average molecular weight is 382 g/mol. The summed E-state index contributed by atoms with van der Waals surface area (Å²) in [5.74, 6) is 0.471. The second-order valence-corrected chi connectivity index (χ2v) is 6.87. The number of hydrogen-bond acceptors (Lipinski definition) is 4. The molecular formula is C22H26N2O4. The number of carbonyl (C=O) groups is 2. The van der Waals surface area contributed by atoms with Crippen molar-refractivity contribution in [3.63, 3.8) is 0 Å². The number of morpholine rings is 1. The molecule has 1 saturated heterocycles. The first-order chi connectivity index (χ1) is 13.6. The molecule has 1 unspecified atom stereocenters. The quantitative estimate of drug-likeness (QED) is 0.833. The van der Waals surface area contributed by atoms with E-state index in [0.717, 1.165) is 16.9 Å². The molecule has 1 N–H and O–H groups in total. The van der Waals surface area contributed by atoms with Gasteiger partial charge in [0.2, 0.25) is 11.8 Å². The van der Waals surface area contributed by atoms with Gasteiger partial charge in [-0.2, -0.15) is 0 Å². The van der Waals surface area contributed by atoms with Crippen molar-refractivity contribution in [1.82, 2.24) is 10.2 Å². The maximum Gasteiger partial charge on any atom is 0.245 e. The van der Waals surface area contributed by atoms with E-state index in [1.807, 2.05) is 54.6 Å². The number of ether oxygens (including phenoxy) is 2. The summed E-state index contributed by atoms with van der Waals surface area (Å²) >= 11 is 0. The van der Waals surface area contributed by atoms with Crippen molar-refractivity contribution < 1.29 is 19.1 Å². The smallest absolute Gasteiger partial charge is 0.245 e. The third-order valence-electron chi connectivity index (χ3n) is 4.82. The van der Waals surface area contributed by atoms with Crippen molar-refractivity contribution in [3.8, 4) is 5.75 Å². The molecule has 1 heterocycles. The Morgan fingerprint density at radius 2 is 1.89 bits per heavy atom. The minimum Gasteiger partial charge on any atom is -0.497 e. The van der Waals surface area contributed by atoms with Gasteiger partial charge in [0, 0.05) is 6.54 Å². The van der Waals surface area contributed by atoms with Gasteiger partial charge >= 0.3 is 0 Å². The van der Waals surface area contributed by atoms with Gasteiger partial charge in [0.25, 0.3) is 0 Å². The summed E-state index contributed by atoms with van der Waals surface area (Å²) in [6.07, 6.45) is 0.0817. The summed E-state index contributed by atoms with van der Waals surface area (Å²) in [4.78, 5) is 26.9. The lowest BCUT2D eigenvalue weighted by molar-refractivity contribution is -0.142. The van der Waals surface area contributed by atoms with Crippen molar-refractivity contribution in [3.05, 3.63) is 65.7 Å². The predicted molar refractivity (Wildman–Crippen MR) is 106 cm³/mol. The van der Waals surface area contributed by atoms with Crippen LogP contribution in [-0.2, 0) is 20.7 Å². The molecule has 0 aromatic heterocycles. The number of nitrogens with zero attached hydrogens (tertiary/aromatic N) is 1. The van der Waals surface area contributed by atoms with Crippen molar-refractivity contribution in [2.45, 2.75) is 25.5 Å². The van der Waals surface area contributed by atoms with Gasteiger partial charge in [0.05, 0.1) is 26.7 Å². The number of hydrogen-bond donors (Lipinski definition) is 1. The van der Waals surface area contributed by atoms with Crippen LogP contribution < -0.4 is 10.1 Å². The highest BCUT2D eigenvalue weighted by Gasteiger charge is 2.28. The molecule has 0 aliphatic carbocycles. The third kappa shape index (κ3) is 5.10. The summed E-state index contributed by atoms with van der Waals surface area (Å²) in [5.41, 5.74) is 1.92. The summed E-state index contributed by atoms with van der Waals surface area (Å²) in [6.45, 7) is 3.22. The lowest BCUT2D eigenvalue weighted by Gasteiger charge is -2.34. The molecule has 3 rings (SSSR count). The average Bonchev–Trinajstić information content (AvgIpc) is 2.74. The first kappa shape index (κ1) is 19.9. The molecular weight excluding hydrogens is 356 g/mol.